The first-order chi connectivity index (χ1) is 10.4. The van der Waals surface area contributed by atoms with Crippen LogP contribution in [0.15, 0.2) is 23.1 Å². The molecule has 10 heteroatoms. The maximum atomic E-state index is 12.9. The Morgan fingerprint density at radius 3 is 2.65 bits per heavy atom. The molecule has 128 valence electrons. The van der Waals surface area contributed by atoms with Crippen molar-refractivity contribution in [2.24, 2.45) is 0 Å². The van der Waals surface area contributed by atoms with E-state index < -0.39 is 25.5 Å². The van der Waals surface area contributed by atoms with Gasteiger partial charge in [0.2, 0.25) is 0 Å². The standard InChI is InChI=1S/C13H16ClN3O4S.ClH/c14-11-2-1-3-12(17(18)19)13(11)22(20,21)16-7-6-9-4-5-10(8-16)15-9;/h1-3,9-10,15H,4-8H2;1H. The number of nitro benzene ring substituents is 1. The second kappa shape index (κ2) is 6.90. The zero-order valence-corrected chi connectivity index (χ0v) is 14.5. The molecule has 0 aliphatic carbocycles. The van der Waals surface area contributed by atoms with E-state index in [0.29, 0.717) is 25.6 Å². The number of hydrogen-bond donors (Lipinski definition) is 1. The quantitative estimate of drug-likeness (QED) is 0.639. The topological polar surface area (TPSA) is 92.5 Å². The summed E-state index contributed by atoms with van der Waals surface area (Å²) in [4.78, 5) is 10.0. The van der Waals surface area contributed by atoms with Crippen LogP contribution in [0.1, 0.15) is 19.3 Å². The number of nitrogens with one attached hydrogen (secondary N) is 1. The fraction of sp³-hybridized carbons (Fsp3) is 0.538. The molecule has 2 saturated heterocycles. The Bertz CT molecular complexity index is 713. The SMILES string of the molecule is Cl.O=[N+]([O-])c1cccc(Cl)c1S(=O)(=O)N1CCC2CCC(C1)N2. The van der Waals surface area contributed by atoms with Crippen LogP contribution < -0.4 is 5.32 Å². The highest BCUT2D eigenvalue weighted by molar-refractivity contribution is 7.89. The van der Waals surface area contributed by atoms with Crippen molar-refractivity contribution in [3.8, 4) is 0 Å². The first-order valence-corrected chi connectivity index (χ1v) is 8.90. The maximum absolute atomic E-state index is 12.9. The second-order valence-electron chi connectivity index (χ2n) is 5.63. The van der Waals surface area contributed by atoms with Gasteiger partial charge in [-0.1, -0.05) is 17.7 Å². The number of halogens is 2. The van der Waals surface area contributed by atoms with Gasteiger partial charge in [-0.25, -0.2) is 8.42 Å². The van der Waals surface area contributed by atoms with Crippen LogP contribution in [-0.2, 0) is 10.0 Å². The fourth-order valence-corrected chi connectivity index (χ4v) is 5.32. The molecule has 23 heavy (non-hydrogen) atoms. The van der Waals surface area contributed by atoms with E-state index in [1.165, 1.54) is 22.5 Å². The average Bonchev–Trinajstić information content (AvgIpc) is 2.76. The molecule has 2 unspecified atom stereocenters. The predicted molar refractivity (Wildman–Crippen MR) is 88.7 cm³/mol. The first-order valence-electron chi connectivity index (χ1n) is 7.08. The average molecular weight is 382 g/mol. The third-order valence-corrected chi connectivity index (χ3v) is 6.61. The van der Waals surface area contributed by atoms with E-state index in [1.807, 2.05) is 0 Å². The van der Waals surface area contributed by atoms with E-state index in [2.05, 4.69) is 5.32 Å². The molecule has 0 radical (unpaired) electrons. The molecule has 2 bridgehead atoms. The lowest BCUT2D eigenvalue weighted by Crippen LogP contribution is -2.39. The smallest absolute Gasteiger partial charge is 0.290 e. The van der Waals surface area contributed by atoms with Crippen molar-refractivity contribution in [3.63, 3.8) is 0 Å². The number of benzene rings is 1. The van der Waals surface area contributed by atoms with Crippen molar-refractivity contribution in [1.29, 1.82) is 0 Å². The molecule has 2 heterocycles. The van der Waals surface area contributed by atoms with Gasteiger partial charge in [0.15, 0.2) is 4.90 Å². The van der Waals surface area contributed by atoms with Gasteiger partial charge in [0.05, 0.1) is 9.95 Å². The predicted octanol–water partition coefficient (Wildman–Crippen LogP) is 2.18. The molecule has 2 fully saturated rings. The summed E-state index contributed by atoms with van der Waals surface area (Å²) in [5, 5.41) is 14.4. The van der Waals surface area contributed by atoms with Crippen LogP contribution in [0.3, 0.4) is 0 Å². The zero-order valence-electron chi connectivity index (χ0n) is 12.1. The van der Waals surface area contributed by atoms with E-state index in [0.717, 1.165) is 12.8 Å². The Labute approximate surface area is 145 Å². The Balaban J connectivity index is 0.00000192. The summed E-state index contributed by atoms with van der Waals surface area (Å²) in [7, 11) is -3.99. The molecular weight excluding hydrogens is 365 g/mol. The number of nitro groups is 1. The van der Waals surface area contributed by atoms with Gasteiger partial charge in [-0.05, 0) is 25.3 Å². The van der Waals surface area contributed by atoms with E-state index in [4.69, 9.17) is 11.6 Å². The van der Waals surface area contributed by atoms with Crippen LogP contribution >= 0.6 is 24.0 Å². The third kappa shape index (κ3) is 3.46. The van der Waals surface area contributed by atoms with Gasteiger partial charge in [-0.2, -0.15) is 4.31 Å². The molecule has 1 N–H and O–H groups in total. The lowest BCUT2D eigenvalue weighted by molar-refractivity contribution is -0.387. The van der Waals surface area contributed by atoms with E-state index >= 15 is 0 Å². The van der Waals surface area contributed by atoms with Gasteiger partial charge in [0.25, 0.3) is 15.7 Å². The minimum atomic E-state index is -3.99. The highest BCUT2D eigenvalue weighted by Crippen LogP contribution is 2.34. The summed E-state index contributed by atoms with van der Waals surface area (Å²) in [5.41, 5.74) is -0.477. The Morgan fingerprint density at radius 2 is 1.96 bits per heavy atom. The molecular formula is C13H17Cl2N3O4S. The molecule has 2 aliphatic rings. The van der Waals surface area contributed by atoms with E-state index in [-0.39, 0.29) is 23.5 Å². The molecule has 2 aliphatic heterocycles. The first kappa shape index (κ1) is 18.4. The molecule has 1 aromatic rings. The van der Waals surface area contributed by atoms with Crippen molar-refractivity contribution in [3.05, 3.63) is 33.3 Å². The van der Waals surface area contributed by atoms with Crippen LogP contribution in [0.25, 0.3) is 0 Å². The van der Waals surface area contributed by atoms with Crippen LogP contribution in [0.2, 0.25) is 5.02 Å². The normalized spacial score (nSPS) is 24.7. The largest absolute Gasteiger partial charge is 0.310 e. The summed E-state index contributed by atoms with van der Waals surface area (Å²) in [6, 6.07) is 4.34. The van der Waals surface area contributed by atoms with E-state index in [9.17, 15) is 18.5 Å². The van der Waals surface area contributed by atoms with Crippen molar-refractivity contribution >= 4 is 39.7 Å². The third-order valence-electron chi connectivity index (χ3n) is 4.23. The van der Waals surface area contributed by atoms with Crippen LogP contribution in [0.4, 0.5) is 5.69 Å². The van der Waals surface area contributed by atoms with Crippen LogP contribution in [-0.4, -0.2) is 42.8 Å². The summed E-state index contributed by atoms with van der Waals surface area (Å²) < 4.78 is 27.1. The lowest BCUT2D eigenvalue weighted by atomic mass is 10.1. The number of rotatable bonds is 3. The minimum Gasteiger partial charge on any atom is -0.310 e. The molecule has 0 amide bonds. The van der Waals surface area contributed by atoms with E-state index in [1.54, 1.807) is 0 Å². The Morgan fingerprint density at radius 1 is 1.26 bits per heavy atom. The maximum Gasteiger partial charge on any atom is 0.290 e. The van der Waals surface area contributed by atoms with Gasteiger partial charge in [0.1, 0.15) is 0 Å². The summed E-state index contributed by atoms with van der Waals surface area (Å²) >= 11 is 5.97. The second-order valence-corrected chi connectivity index (χ2v) is 7.92. The van der Waals surface area contributed by atoms with Gasteiger partial charge in [0, 0.05) is 31.2 Å². The van der Waals surface area contributed by atoms with Gasteiger partial charge in [-0.3, -0.25) is 10.1 Å². The van der Waals surface area contributed by atoms with Gasteiger partial charge in [-0.15, -0.1) is 12.4 Å². The highest BCUT2D eigenvalue weighted by atomic mass is 35.5. The molecule has 7 nitrogen and oxygen atoms in total. The van der Waals surface area contributed by atoms with Crippen molar-refractivity contribution < 1.29 is 13.3 Å². The van der Waals surface area contributed by atoms with Crippen LogP contribution in [0.5, 0.6) is 0 Å². The minimum absolute atomic E-state index is 0. The fourth-order valence-electron chi connectivity index (χ4n) is 3.15. The lowest BCUT2D eigenvalue weighted by Gasteiger charge is -2.23. The highest BCUT2D eigenvalue weighted by Gasteiger charge is 2.38. The summed E-state index contributed by atoms with van der Waals surface area (Å²) in [5.74, 6) is 0. The molecule has 2 atom stereocenters. The van der Waals surface area contributed by atoms with Gasteiger partial charge < -0.3 is 5.32 Å². The number of hydrogen-bond acceptors (Lipinski definition) is 5. The number of fused-ring (bicyclic) bond motifs is 2. The van der Waals surface area contributed by atoms with Crippen molar-refractivity contribution in [2.75, 3.05) is 13.1 Å². The monoisotopic (exact) mass is 381 g/mol. The summed E-state index contributed by atoms with van der Waals surface area (Å²) in [6.45, 7) is 0.667. The van der Waals surface area contributed by atoms with Crippen molar-refractivity contribution in [2.45, 2.75) is 36.2 Å². The number of sulfonamides is 1. The molecule has 0 aromatic heterocycles. The molecule has 3 rings (SSSR count). The van der Waals surface area contributed by atoms with Gasteiger partial charge >= 0.3 is 0 Å². The van der Waals surface area contributed by atoms with Crippen molar-refractivity contribution in [1.82, 2.24) is 9.62 Å². The molecule has 0 spiro atoms. The summed E-state index contributed by atoms with van der Waals surface area (Å²) in [6.07, 6.45) is 2.67. The van der Waals surface area contributed by atoms with Crippen LogP contribution in [0, 0.1) is 10.1 Å². The zero-order chi connectivity index (χ0) is 15.9. The molecule has 1 aromatic carbocycles. The Kier molecular flexibility index (Phi) is 5.52. The Hall–Kier alpha value is -0.930. The number of nitrogens with zero attached hydrogens (tertiary/aromatic N) is 2. The molecule has 0 saturated carbocycles.